The SMILES string of the molecule is CNc1nc(-c2ncc(Cl)s2)nc2c1CCCCC2. The number of rotatable bonds is 2. The number of hydrogen-bond donors (Lipinski definition) is 1. The van der Waals surface area contributed by atoms with Crippen LogP contribution in [0.2, 0.25) is 4.34 Å². The quantitative estimate of drug-likeness (QED) is 0.860. The molecule has 6 heteroatoms. The van der Waals surface area contributed by atoms with Crippen molar-refractivity contribution in [3.05, 3.63) is 21.8 Å². The molecule has 2 aromatic heterocycles. The van der Waals surface area contributed by atoms with Crippen LogP contribution in [0.5, 0.6) is 0 Å². The number of fused-ring (bicyclic) bond motifs is 1. The highest BCUT2D eigenvalue weighted by Gasteiger charge is 2.18. The van der Waals surface area contributed by atoms with Gasteiger partial charge in [-0.2, -0.15) is 0 Å². The van der Waals surface area contributed by atoms with Crippen molar-refractivity contribution in [2.45, 2.75) is 32.1 Å². The van der Waals surface area contributed by atoms with Gasteiger partial charge in [0.05, 0.1) is 6.20 Å². The van der Waals surface area contributed by atoms with Gasteiger partial charge in [0.25, 0.3) is 0 Å². The summed E-state index contributed by atoms with van der Waals surface area (Å²) in [6, 6.07) is 0. The summed E-state index contributed by atoms with van der Waals surface area (Å²) in [5.41, 5.74) is 2.43. The highest BCUT2D eigenvalue weighted by atomic mass is 35.5. The molecule has 2 heterocycles. The second-order valence-corrected chi connectivity index (χ2v) is 6.26. The Morgan fingerprint density at radius 1 is 1.21 bits per heavy atom. The molecule has 0 spiro atoms. The fraction of sp³-hybridized carbons (Fsp3) is 0.462. The van der Waals surface area contributed by atoms with Crippen LogP contribution in [-0.4, -0.2) is 22.0 Å². The first kappa shape index (κ1) is 12.8. The largest absolute Gasteiger partial charge is 0.373 e. The zero-order valence-corrected chi connectivity index (χ0v) is 12.3. The lowest BCUT2D eigenvalue weighted by Crippen LogP contribution is -2.06. The average Bonchev–Trinajstić information content (AvgIpc) is 2.72. The minimum Gasteiger partial charge on any atom is -0.373 e. The highest BCUT2D eigenvalue weighted by molar-refractivity contribution is 7.18. The van der Waals surface area contributed by atoms with Crippen molar-refractivity contribution >= 4 is 28.8 Å². The Kier molecular flexibility index (Phi) is 3.66. The molecule has 0 aliphatic heterocycles. The molecule has 1 aliphatic carbocycles. The third-order valence-electron chi connectivity index (χ3n) is 3.34. The van der Waals surface area contributed by atoms with E-state index in [4.69, 9.17) is 16.6 Å². The van der Waals surface area contributed by atoms with E-state index in [1.165, 1.54) is 36.2 Å². The van der Waals surface area contributed by atoms with Crippen molar-refractivity contribution < 1.29 is 0 Å². The van der Waals surface area contributed by atoms with Gasteiger partial charge in [-0.1, -0.05) is 29.4 Å². The van der Waals surface area contributed by atoms with Gasteiger partial charge in [0, 0.05) is 18.3 Å². The van der Waals surface area contributed by atoms with E-state index in [0.717, 1.165) is 29.4 Å². The maximum absolute atomic E-state index is 5.94. The molecule has 0 bridgehead atoms. The van der Waals surface area contributed by atoms with Gasteiger partial charge in [0.15, 0.2) is 10.8 Å². The third kappa shape index (κ3) is 2.58. The molecule has 4 nitrogen and oxygen atoms in total. The number of nitrogens with one attached hydrogen (secondary N) is 1. The fourth-order valence-corrected chi connectivity index (χ4v) is 3.28. The van der Waals surface area contributed by atoms with Crippen molar-refractivity contribution in [3.63, 3.8) is 0 Å². The van der Waals surface area contributed by atoms with Crippen LogP contribution in [0.15, 0.2) is 6.20 Å². The standard InChI is InChI=1S/C13H15ClN4S/c1-15-11-8-5-3-2-4-6-9(8)17-12(18-11)13-16-7-10(14)19-13/h7H,2-6H2,1H3,(H,15,17,18). The summed E-state index contributed by atoms with van der Waals surface area (Å²) < 4.78 is 0.666. The topological polar surface area (TPSA) is 50.7 Å². The summed E-state index contributed by atoms with van der Waals surface area (Å²) in [6.45, 7) is 0. The van der Waals surface area contributed by atoms with Crippen LogP contribution >= 0.6 is 22.9 Å². The van der Waals surface area contributed by atoms with Crippen LogP contribution in [-0.2, 0) is 12.8 Å². The van der Waals surface area contributed by atoms with Gasteiger partial charge in [-0.25, -0.2) is 15.0 Å². The van der Waals surface area contributed by atoms with Crippen molar-refractivity contribution in [2.24, 2.45) is 0 Å². The van der Waals surface area contributed by atoms with Crippen LogP contribution in [0.4, 0.5) is 5.82 Å². The normalized spacial score (nSPS) is 14.8. The lowest BCUT2D eigenvalue weighted by atomic mass is 10.1. The summed E-state index contributed by atoms with van der Waals surface area (Å²) in [4.78, 5) is 13.6. The lowest BCUT2D eigenvalue weighted by Gasteiger charge is -2.11. The number of thiazole rings is 1. The molecule has 0 fully saturated rings. The van der Waals surface area contributed by atoms with E-state index < -0.39 is 0 Å². The van der Waals surface area contributed by atoms with Crippen molar-refractivity contribution in [1.29, 1.82) is 0 Å². The zero-order chi connectivity index (χ0) is 13.2. The Morgan fingerprint density at radius 3 is 2.79 bits per heavy atom. The molecular formula is C13H15ClN4S. The summed E-state index contributed by atoms with van der Waals surface area (Å²) in [5, 5.41) is 3.98. The Morgan fingerprint density at radius 2 is 2.05 bits per heavy atom. The number of halogens is 1. The minimum absolute atomic E-state index is 0.666. The summed E-state index contributed by atoms with van der Waals surface area (Å²) in [5.74, 6) is 1.62. The van der Waals surface area contributed by atoms with Crippen LogP contribution < -0.4 is 5.32 Å². The number of anilines is 1. The van der Waals surface area contributed by atoms with E-state index in [9.17, 15) is 0 Å². The molecule has 0 unspecified atom stereocenters. The average molecular weight is 295 g/mol. The highest BCUT2D eigenvalue weighted by Crippen LogP contribution is 2.30. The lowest BCUT2D eigenvalue weighted by molar-refractivity contribution is 0.709. The third-order valence-corrected chi connectivity index (χ3v) is 4.45. The smallest absolute Gasteiger partial charge is 0.190 e. The van der Waals surface area contributed by atoms with E-state index in [2.05, 4.69) is 15.3 Å². The molecule has 0 saturated carbocycles. The molecule has 1 aliphatic rings. The first-order valence-corrected chi connectivity index (χ1v) is 7.66. The van der Waals surface area contributed by atoms with Crippen LogP contribution in [0.25, 0.3) is 10.8 Å². The van der Waals surface area contributed by atoms with Gasteiger partial charge in [-0.3, -0.25) is 0 Å². The van der Waals surface area contributed by atoms with Gasteiger partial charge in [-0.15, -0.1) is 0 Å². The number of aryl methyl sites for hydroxylation is 1. The molecule has 1 N–H and O–H groups in total. The monoisotopic (exact) mass is 294 g/mol. The summed E-state index contributed by atoms with van der Waals surface area (Å²) in [6.07, 6.45) is 7.41. The van der Waals surface area contributed by atoms with E-state index in [1.54, 1.807) is 6.20 Å². The van der Waals surface area contributed by atoms with Gasteiger partial charge in [0.2, 0.25) is 0 Å². The second kappa shape index (κ2) is 5.43. The molecule has 3 rings (SSSR count). The predicted molar refractivity (Wildman–Crippen MR) is 79.0 cm³/mol. The second-order valence-electron chi connectivity index (χ2n) is 4.60. The first-order chi connectivity index (χ1) is 9.28. The van der Waals surface area contributed by atoms with Crippen LogP contribution in [0.1, 0.15) is 30.5 Å². The molecule has 100 valence electrons. The number of nitrogens with zero attached hydrogens (tertiary/aromatic N) is 3. The molecule has 2 aromatic rings. The number of hydrogen-bond acceptors (Lipinski definition) is 5. The first-order valence-electron chi connectivity index (χ1n) is 6.47. The van der Waals surface area contributed by atoms with Crippen molar-refractivity contribution in [1.82, 2.24) is 15.0 Å². The Balaban J connectivity index is 2.09. The minimum atomic E-state index is 0.666. The summed E-state index contributed by atoms with van der Waals surface area (Å²) in [7, 11) is 1.91. The van der Waals surface area contributed by atoms with Gasteiger partial charge >= 0.3 is 0 Å². The zero-order valence-electron chi connectivity index (χ0n) is 10.7. The summed E-state index contributed by atoms with van der Waals surface area (Å²) >= 11 is 7.36. The molecule has 0 saturated heterocycles. The van der Waals surface area contributed by atoms with E-state index in [-0.39, 0.29) is 0 Å². The van der Waals surface area contributed by atoms with Crippen molar-refractivity contribution in [2.75, 3.05) is 12.4 Å². The van der Waals surface area contributed by atoms with Crippen LogP contribution in [0.3, 0.4) is 0 Å². The van der Waals surface area contributed by atoms with Gasteiger partial charge in [0.1, 0.15) is 10.2 Å². The van der Waals surface area contributed by atoms with E-state index in [1.807, 2.05) is 7.05 Å². The Labute approximate surface area is 121 Å². The van der Waals surface area contributed by atoms with E-state index in [0.29, 0.717) is 10.2 Å². The molecule has 19 heavy (non-hydrogen) atoms. The maximum atomic E-state index is 5.94. The van der Waals surface area contributed by atoms with E-state index >= 15 is 0 Å². The van der Waals surface area contributed by atoms with Crippen molar-refractivity contribution in [3.8, 4) is 10.8 Å². The maximum Gasteiger partial charge on any atom is 0.190 e. The van der Waals surface area contributed by atoms with Gasteiger partial charge < -0.3 is 5.32 Å². The molecule has 0 amide bonds. The Hall–Kier alpha value is -1.20. The van der Waals surface area contributed by atoms with Gasteiger partial charge in [-0.05, 0) is 25.7 Å². The van der Waals surface area contributed by atoms with Crippen LogP contribution in [0, 0.1) is 0 Å². The Bertz CT molecular complexity index is 596. The molecule has 0 atom stereocenters. The molecule has 0 aromatic carbocycles. The predicted octanol–water partition coefficient (Wildman–Crippen LogP) is 3.56. The molecular weight excluding hydrogens is 280 g/mol. The number of aromatic nitrogens is 3. The fourth-order valence-electron chi connectivity index (χ4n) is 2.43. The molecule has 0 radical (unpaired) electrons.